The first kappa shape index (κ1) is 11.4. The van der Waals surface area contributed by atoms with Gasteiger partial charge in [0.05, 0.1) is 6.61 Å². The minimum atomic E-state index is -0.765. The van der Waals surface area contributed by atoms with Gasteiger partial charge in [-0.2, -0.15) is 0 Å². The van der Waals surface area contributed by atoms with E-state index in [1.165, 1.54) is 0 Å². The maximum atomic E-state index is 10.2. The molecular weight excluding hydrogens is 228 g/mol. The molecule has 0 bridgehead atoms. The van der Waals surface area contributed by atoms with E-state index in [0.717, 1.165) is 16.6 Å². The fourth-order valence-corrected chi connectivity index (χ4v) is 2.24. The van der Waals surface area contributed by atoms with Crippen LogP contribution >= 0.6 is 0 Å². The number of benzene rings is 1. The van der Waals surface area contributed by atoms with Gasteiger partial charge in [-0.25, -0.2) is 4.98 Å². The van der Waals surface area contributed by atoms with Crippen LogP contribution in [0.1, 0.15) is 6.42 Å². The normalized spacial score (nSPS) is 23.4. The van der Waals surface area contributed by atoms with Crippen LogP contribution in [-0.2, 0) is 4.74 Å². The summed E-state index contributed by atoms with van der Waals surface area (Å²) in [6.07, 6.45) is 2.45. The number of aliphatic hydroxyl groups is 1. The van der Waals surface area contributed by atoms with E-state index in [1.54, 1.807) is 6.20 Å². The van der Waals surface area contributed by atoms with Crippen molar-refractivity contribution in [3.63, 3.8) is 0 Å². The molecule has 2 N–H and O–H groups in total. The number of hydrogen-bond donors (Lipinski definition) is 2. The van der Waals surface area contributed by atoms with Gasteiger partial charge in [0.2, 0.25) is 0 Å². The number of fused-ring (bicyclic) bond motifs is 1. The van der Waals surface area contributed by atoms with Gasteiger partial charge in [0.1, 0.15) is 11.4 Å². The number of hydrogen-bond acceptors (Lipinski definition) is 4. The van der Waals surface area contributed by atoms with E-state index in [9.17, 15) is 5.11 Å². The molecule has 0 saturated carbocycles. The Morgan fingerprint density at radius 2 is 2.22 bits per heavy atom. The van der Waals surface area contributed by atoms with Gasteiger partial charge in [0.15, 0.2) is 0 Å². The quantitative estimate of drug-likeness (QED) is 0.864. The van der Waals surface area contributed by atoms with E-state index in [1.807, 2.05) is 24.3 Å². The molecule has 3 rings (SSSR count). The summed E-state index contributed by atoms with van der Waals surface area (Å²) < 4.78 is 5.23. The van der Waals surface area contributed by atoms with E-state index in [2.05, 4.69) is 16.4 Å². The first-order valence-electron chi connectivity index (χ1n) is 6.15. The Labute approximate surface area is 106 Å². The van der Waals surface area contributed by atoms with Crippen molar-refractivity contribution in [3.8, 4) is 0 Å². The molecule has 1 saturated heterocycles. The number of nitrogens with zero attached hydrogens (tertiary/aromatic N) is 1. The highest BCUT2D eigenvalue weighted by atomic mass is 16.5. The summed E-state index contributed by atoms with van der Waals surface area (Å²) in [5.74, 6) is 0.813. The number of pyridine rings is 1. The monoisotopic (exact) mass is 244 g/mol. The summed E-state index contributed by atoms with van der Waals surface area (Å²) in [5, 5.41) is 15.7. The average molecular weight is 244 g/mol. The molecular formula is C14H16N2O2. The first-order valence-corrected chi connectivity index (χ1v) is 6.15. The summed E-state index contributed by atoms with van der Waals surface area (Å²) in [6.45, 7) is 1.49. The molecule has 1 fully saturated rings. The second-order valence-corrected chi connectivity index (χ2v) is 4.76. The molecule has 1 aromatic heterocycles. The summed E-state index contributed by atoms with van der Waals surface area (Å²) in [5.41, 5.74) is -0.765. The van der Waals surface area contributed by atoms with E-state index in [-0.39, 0.29) is 0 Å². The summed E-state index contributed by atoms with van der Waals surface area (Å²) in [6, 6.07) is 10.1. The summed E-state index contributed by atoms with van der Waals surface area (Å²) in [7, 11) is 0. The fourth-order valence-electron chi connectivity index (χ4n) is 2.24. The summed E-state index contributed by atoms with van der Waals surface area (Å²) in [4.78, 5) is 4.34. The number of anilines is 1. The van der Waals surface area contributed by atoms with Gasteiger partial charge in [0, 0.05) is 31.2 Å². The van der Waals surface area contributed by atoms with E-state index < -0.39 is 5.60 Å². The lowest BCUT2D eigenvalue weighted by molar-refractivity contribution is 0.0381. The van der Waals surface area contributed by atoms with Gasteiger partial charge >= 0.3 is 0 Å². The largest absolute Gasteiger partial charge is 0.386 e. The molecule has 1 atom stereocenters. The predicted octanol–water partition coefficient (Wildman–Crippen LogP) is 1.80. The molecule has 0 aliphatic carbocycles. The zero-order chi connectivity index (χ0) is 12.4. The highest BCUT2D eigenvalue weighted by Crippen LogP contribution is 2.23. The van der Waals surface area contributed by atoms with Gasteiger partial charge in [-0.05, 0) is 11.5 Å². The van der Waals surface area contributed by atoms with Crippen molar-refractivity contribution in [2.75, 3.05) is 25.1 Å². The summed E-state index contributed by atoms with van der Waals surface area (Å²) >= 11 is 0. The Hall–Kier alpha value is -1.65. The molecule has 0 amide bonds. The second kappa shape index (κ2) is 4.55. The average Bonchev–Trinajstić information content (AvgIpc) is 2.84. The van der Waals surface area contributed by atoms with Crippen LogP contribution in [0.3, 0.4) is 0 Å². The zero-order valence-corrected chi connectivity index (χ0v) is 10.1. The molecule has 1 unspecified atom stereocenters. The lowest BCUT2D eigenvalue weighted by atomic mass is 10.0. The molecule has 1 aliphatic rings. The smallest absolute Gasteiger partial charge is 0.133 e. The standard InChI is InChI=1S/C14H16N2O2/c17-14(6-8-18-10-14)9-16-13-12-4-2-1-3-11(12)5-7-15-13/h1-5,7,17H,6,8-10H2,(H,15,16). The predicted molar refractivity (Wildman–Crippen MR) is 70.6 cm³/mol. The molecule has 94 valence electrons. The second-order valence-electron chi connectivity index (χ2n) is 4.76. The van der Waals surface area contributed by atoms with E-state index in [0.29, 0.717) is 26.2 Å². The molecule has 4 heteroatoms. The molecule has 2 aromatic rings. The van der Waals surface area contributed by atoms with Crippen molar-refractivity contribution < 1.29 is 9.84 Å². The highest BCUT2D eigenvalue weighted by molar-refractivity contribution is 5.91. The molecule has 4 nitrogen and oxygen atoms in total. The maximum absolute atomic E-state index is 10.2. The van der Waals surface area contributed by atoms with Crippen LogP contribution in [0.2, 0.25) is 0 Å². The lowest BCUT2D eigenvalue weighted by Crippen LogP contribution is -2.37. The molecule has 18 heavy (non-hydrogen) atoms. The first-order chi connectivity index (χ1) is 8.77. The number of ether oxygens (including phenoxy) is 1. The Morgan fingerprint density at radius 3 is 3.06 bits per heavy atom. The third-order valence-corrected chi connectivity index (χ3v) is 3.34. The van der Waals surface area contributed by atoms with Crippen LogP contribution in [0.15, 0.2) is 36.5 Å². The van der Waals surface area contributed by atoms with E-state index in [4.69, 9.17) is 4.74 Å². The maximum Gasteiger partial charge on any atom is 0.133 e. The van der Waals surface area contributed by atoms with Crippen molar-refractivity contribution in [2.45, 2.75) is 12.0 Å². The van der Waals surface area contributed by atoms with E-state index >= 15 is 0 Å². The van der Waals surface area contributed by atoms with Crippen molar-refractivity contribution in [1.29, 1.82) is 0 Å². The number of nitrogens with one attached hydrogen (secondary N) is 1. The van der Waals surface area contributed by atoms with Gasteiger partial charge < -0.3 is 15.2 Å². The number of aromatic nitrogens is 1. The fraction of sp³-hybridized carbons (Fsp3) is 0.357. The zero-order valence-electron chi connectivity index (χ0n) is 10.1. The van der Waals surface area contributed by atoms with Crippen LogP contribution in [0, 0.1) is 0 Å². The Kier molecular flexibility index (Phi) is 2.89. The van der Waals surface area contributed by atoms with Crippen LogP contribution in [0.5, 0.6) is 0 Å². The van der Waals surface area contributed by atoms with Crippen LogP contribution in [0.25, 0.3) is 10.8 Å². The minimum absolute atomic E-state index is 0.394. The van der Waals surface area contributed by atoms with Crippen LogP contribution < -0.4 is 5.32 Å². The Balaban J connectivity index is 1.82. The third kappa shape index (κ3) is 2.17. The van der Waals surface area contributed by atoms with Crippen LogP contribution in [0.4, 0.5) is 5.82 Å². The third-order valence-electron chi connectivity index (χ3n) is 3.34. The van der Waals surface area contributed by atoms with Gasteiger partial charge in [-0.3, -0.25) is 0 Å². The Morgan fingerprint density at radius 1 is 1.33 bits per heavy atom. The topological polar surface area (TPSA) is 54.4 Å². The van der Waals surface area contributed by atoms with Crippen LogP contribution in [-0.4, -0.2) is 35.5 Å². The Bertz CT molecular complexity index is 545. The van der Waals surface area contributed by atoms with Crippen molar-refractivity contribution in [1.82, 2.24) is 4.98 Å². The minimum Gasteiger partial charge on any atom is -0.386 e. The number of rotatable bonds is 3. The molecule has 1 aliphatic heterocycles. The SMILES string of the molecule is OC1(CNc2nccc3ccccc23)CCOC1. The molecule has 0 radical (unpaired) electrons. The molecule has 2 heterocycles. The molecule has 0 spiro atoms. The van der Waals surface area contributed by atoms with Gasteiger partial charge in [0.25, 0.3) is 0 Å². The van der Waals surface area contributed by atoms with Crippen molar-refractivity contribution in [2.24, 2.45) is 0 Å². The lowest BCUT2D eigenvalue weighted by Gasteiger charge is -2.21. The van der Waals surface area contributed by atoms with Gasteiger partial charge in [-0.15, -0.1) is 0 Å². The van der Waals surface area contributed by atoms with Crippen molar-refractivity contribution in [3.05, 3.63) is 36.5 Å². The van der Waals surface area contributed by atoms with Crippen molar-refractivity contribution >= 4 is 16.6 Å². The van der Waals surface area contributed by atoms with Gasteiger partial charge in [-0.1, -0.05) is 24.3 Å². The highest BCUT2D eigenvalue weighted by Gasteiger charge is 2.32. The molecule has 1 aromatic carbocycles.